The Bertz CT molecular complexity index is 1140. The number of esters is 1. The highest BCUT2D eigenvalue weighted by molar-refractivity contribution is 7.89. The number of nitrogens with zero attached hydrogens (tertiary/aromatic N) is 2. The summed E-state index contributed by atoms with van der Waals surface area (Å²) in [6.07, 6.45) is 0. The van der Waals surface area contributed by atoms with Gasteiger partial charge in [-0.2, -0.15) is 16.4 Å². The van der Waals surface area contributed by atoms with Gasteiger partial charge in [0, 0.05) is 12.2 Å². The molecule has 0 aliphatic carbocycles. The largest absolute Gasteiger partial charge is 0.495 e. The van der Waals surface area contributed by atoms with E-state index in [1.165, 1.54) is 43.8 Å². The number of thiophene rings is 1. The molecule has 0 unspecified atom stereocenters. The van der Waals surface area contributed by atoms with Crippen molar-refractivity contribution >= 4 is 27.3 Å². The van der Waals surface area contributed by atoms with Gasteiger partial charge in [0.25, 0.3) is 0 Å². The number of nitrogens with one attached hydrogen (secondary N) is 1. The van der Waals surface area contributed by atoms with Crippen molar-refractivity contribution in [3.05, 3.63) is 63.6 Å². The molecule has 3 rings (SSSR count). The summed E-state index contributed by atoms with van der Waals surface area (Å²) < 4.78 is 40.5. The third kappa shape index (κ3) is 4.55. The molecule has 8 nitrogen and oxygen atoms in total. The van der Waals surface area contributed by atoms with Crippen LogP contribution in [0.25, 0.3) is 0 Å². The van der Waals surface area contributed by atoms with Crippen LogP contribution in [-0.2, 0) is 14.8 Å². The smallest absolute Gasteiger partial charge is 0.337 e. The number of carbonyl (C=O) groups is 1. The Hall–Kier alpha value is -2.69. The number of ether oxygens (including phenoxy) is 2. The predicted molar refractivity (Wildman–Crippen MR) is 114 cm³/mol. The van der Waals surface area contributed by atoms with E-state index in [4.69, 9.17) is 9.47 Å². The Labute approximate surface area is 179 Å². The van der Waals surface area contributed by atoms with Gasteiger partial charge >= 0.3 is 5.97 Å². The third-order valence-electron chi connectivity index (χ3n) is 4.61. The molecule has 1 atom stereocenters. The highest BCUT2D eigenvalue weighted by atomic mass is 32.2. The lowest BCUT2D eigenvalue weighted by Gasteiger charge is -2.20. The Balaban J connectivity index is 1.94. The second kappa shape index (κ2) is 8.99. The topological polar surface area (TPSA) is 99.5 Å². The molecule has 30 heavy (non-hydrogen) atoms. The van der Waals surface area contributed by atoms with Crippen LogP contribution >= 0.6 is 11.3 Å². The van der Waals surface area contributed by atoms with E-state index in [9.17, 15) is 13.2 Å². The van der Waals surface area contributed by atoms with Crippen molar-refractivity contribution in [1.82, 2.24) is 14.5 Å². The summed E-state index contributed by atoms with van der Waals surface area (Å²) in [5.74, 6) is -0.499. The van der Waals surface area contributed by atoms with Crippen LogP contribution in [0, 0.1) is 13.8 Å². The number of carbonyl (C=O) groups excluding carboxylic acids is 1. The second-order valence-corrected chi connectivity index (χ2v) is 9.17. The molecule has 1 aromatic carbocycles. The van der Waals surface area contributed by atoms with Gasteiger partial charge in [-0.25, -0.2) is 17.9 Å². The van der Waals surface area contributed by atoms with Crippen LogP contribution in [0.4, 0.5) is 0 Å². The van der Waals surface area contributed by atoms with Crippen LogP contribution in [-0.4, -0.2) is 44.9 Å². The van der Waals surface area contributed by atoms with Gasteiger partial charge in [-0.1, -0.05) is 0 Å². The van der Waals surface area contributed by atoms with Crippen molar-refractivity contribution in [3.63, 3.8) is 0 Å². The number of methoxy groups -OCH3 is 2. The van der Waals surface area contributed by atoms with Gasteiger partial charge in [0.2, 0.25) is 10.0 Å². The fraction of sp³-hybridized carbons (Fsp3) is 0.300. The number of aromatic nitrogens is 2. The SMILES string of the molecule is COC(=O)c1ccc(OC)c(S(=O)(=O)NC[C@H](c2ccsc2)n2nc(C)cc2C)c1. The maximum Gasteiger partial charge on any atom is 0.337 e. The first-order valence-electron chi connectivity index (χ1n) is 9.07. The van der Waals surface area contributed by atoms with E-state index < -0.39 is 16.0 Å². The number of sulfonamides is 1. The van der Waals surface area contributed by atoms with Crippen molar-refractivity contribution in [3.8, 4) is 5.75 Å². The molecule has 0 radical (unpaired) electrons. The number of rotatable bonds is 8. The standard InChI is InChI=1S/C20H23N3O5S2/c1-13-9-14(2)23(22-13)17(16-7-8-29-12-16)11-21-30(25,26)19-10-15(20(24)28-4)5-6-18(19)27-3/h5-10,12,17,21H,11H2,1-4H3/t17-/m1/s1. The molecule has 0 aliphatic rings. The lowest BCUT2D eigenvalue weighted by Crippen LogP contribution is -2.32. The summed E-state index contributed by atoms with van der Waals surface area (Å²) in [6, 6.07) is 7.69. The quantitative estimate of drug-likeness (QED) is 0.531. The molecule has 0 saturated heterocycles. The zero-order valence-electron chi connectivity index (χ0n) is 17.1. The maximum absolute atomic E-state index is 13.1. The van der Waals surface area contributed by atoms with E-state index in [2.05, 4.69) is 9.82 Å². The first-order chi connectivity index (χ1) is 14.3. The van der Waals surface area contributed by atoms with Gasteiger partial charge in [0.15, 0.2) is 0 Å². The van der Waals surface area contributed by atoms with E-state index in [0.29, 0.717) is 0 Å². The van der Waals surface area contributed by atoms with Crippen molar-refractivity contribution < 1.29 is 22.7 Å². The minimum Gasteiger partial charge on any atom is -0.495 e. The summed E-state index contributed by atoms with van der Waals surface area (Å²) in [5, 5.41) is 8.42. The molecular weight excluding hydrogens is 426 g/mol. The molecule has 3 aromatic rings. The van der Waals surface area contributed by atoms with Crippen molar-refractivity contribution in [1.29, 1.82) is 0 Å². The molecule has 10 heteroatoms. The Morgan fingerprint density at radius 2 is 2.00 bits per heavy atom. The first-order valence-corrected chi connectivity index (χ1v) is 11.5. The molecule has 0 spiro atoms. The molecule has 160 valence electrons. The van der Waals surface area contributed by atoms with Gasteiger partial charge in [0.1, 0.15) is 10.6 Å². The van der Waals surface area contributed by atoms with Gasteiger partial charge in [-0.15, -0.1) is 0 Å². The van der Waals surface area contributed by atoms with E-state index in [-0.39, 0.29) is 28.8 Å². The highest BCUT2D eigenvalue weighted by Gasteiger charge is 2.25. The zero-order chi connectivity index (χ0) is 21.9. The zero-order valence-corrected chi connectivity index (χ0v) is 18.7. The molecule has 0 bridgehead atoms. The average Bonchev–Trinajstić information content (AvgIpc) is 3.37. The lowest BCUT2D eigenvalue weighted by molar-refractivity contribution is 0.0600. The predicted octanol–water partition coefficient (Wildman–Crippen LogP) is 2.92. The summed E-state index contributed by atoms with van der Waals surface area (Å²) in [6.45, 7) is 3.89. The minimum atomic E-state index is -3.99. The number of hydrogen-bond acceptors (Lipinski definition) is 7. The molecule has 0 fully saturated rings. The molecule has 2 heterocycles. The Kier molecular flexibility index (Phi) is 6.59. The summed E-state index contributed by atoms with van der Waals surface area (Å²) in [5.41, 5.74) is 2.84. The molecule has 0 saturated carbocycles. The van der Waals surface area contributed by atoms with E-state index in [0.717, 1.165) is 17.0 Å². The van der Waals surface area contributed by atoms with Crippen LogP contribution < -0.4 is 9.46 Å². The van der Waals surface area contributed by atoms with Crippen LogP contribution in [0.3, 0.4) is 0 Å². The Morgan fingerprint density at radius 3 is 2.57 bits per heavy atom. The fourth-order valence-electron chi connectivity index (χ4n) is 3.17. The number of hydrogen-bond donors (Lipinski definition) is 1. The monoisotopic (exact) mass is 449 g/mol. The van der Waals surface area contributed by atoms with Crippen LogP contribution in [0.2, 0.25) is 0 Å². The summed E-state index contributed by atoms with van der Waals surface area (Å²) in [7, 11) is -1.38. The number of benzene rings is 1. The minimum absolute atomic E-state index is 0.0760. The molecule has 0 amide bonds. The number of aryl methyl sites for hydroxylation is 2. The average molecular weight is 450 g/mol. The maximum atomic E-state index is 13.1. The third-order valence-corrected chi connectivity index (χ3v) is 6.75. The van der Waals surface area contributed by atoms with Crippen molar-refractivity contribution in [2.45, 2.75) is 24.8 Å². The van der Waals surface area contributed by atoms with Gasteiger partial charge in [0.05, 0.1) is 31.5 Å². The summed E-state index contributed by atoms with van der Waals surface area (Å²) in [4.78, 5) is 11.7. The normalized spacial score (nSPS) is 12.5. The van der Waals surface area contributed by atoms with E-state index in [1.54, 1.807) is 0 Å². The van der Waals surface area contributed by atoms with Gasteiger partial charge in [-0.3, -0.25) is 4.68 Å². The first kappa shape index (κ1) is 22.0. The Morgan fingerprint density at radius 1 is 1.23 bits per heavy atom. The van der Waals surface area contributed by atoms with Gasteiger partial charge in [-0.05, 0) is 60.5 Å². The molecule has 1 N–H and O–H groups in total. The molecule has 0 aliphatic heterocycles. The molecule has 2 aromatic heterocycles. The fourth-order valence-corrected chi connectivity index (χ4v) is 5.11. The van der Waals surface area contributed by atoms with Crippen molar-refractivity contribution in [2.75, 3.05) is 20.8 Å². The second-order valence-electron chi connectivity index (χ2n) is 6.65. The van der Waals surface area contributed by atoms with Gasteiger partial charge < -0.3 is 9.47 Å². The molecular formula is C20H23N3O5S2. The van der Waals surface area contributed by atoms with E-state index >= 15 is 0 Å². The van der Waals surface area contributed by atoms with E-state index in [1.807, 2.05) is 41.4 Å². The summed E-state index contributed by atoms with van der Waals surface area (Å²) >= 11 is 1.53. The van der Waals surface area contributed by atoms with Crippen molar-refractivity contribution in [2.24, 2.45) is 0 Å². The lowest BCUT2D eigenvalue weighted by atomic mass is 10.1. The highest BCUT2D eigenvalue weighted by Crippen LogP contribution is 2.27. The van der Waals surface area contributed by atoms with Crippen LogP contribution in [0.5, 0.6) is 5.75 Å². The van der Waals surface area contributed by atoms with Crippen LogP contribution in [0.1, 0.15) is 33.4 Å². The van der Waals surface area contributed by atoms with Crippen LogP contribution in [0.15, 0.2) is 46.0 Å².